The summed E-state index contributed by atoms with van der Waals surface area (Å²) in [4.78, 5) is 18.7. The quantitative estimate of drug-likeness (QED) is 0.864. The van der Waals surface area contributed by atoms with Crippen molar-refractivity contribution < 1.29 is 13.9 Å². The molecule has 1 saturated heterocycles. The molecule has 3 heterocycles. The number of halogens is 1. The molecule has 1 N–H and O–H groups in total. The SMILES string of the molecule is CC1CN(c2ccc(CNC(=O)c3coc(Br)c3)cn2)CC(C)O1. The monoisotopic (exact) mass is 393 g/mol. The average Bonchev–Trinajstić information content (AvgIpc) is 2.99. The van der Waals surface area contributed by atoms with Gasteiger partial charge in [0, 0.05) is 31.9 Å². The highest BCUT2D eigenvalue weighted by Crippen LogP contribution is 2.18. The van der Waals surface area contributed by atoms with E-state index in [1.54, 1.807) is 12.3 Å². The number of pyridine rings is 1. The van der Waals surface area contributed by atoms with Crippen LogP contribution in [0, 0.1) is 0 Å². The third-order valence-corrected chi connectivity index (χ3v) is 4.25. The second kappa shape index (κ2) is 7.36. The normalized spacial score (nSPS) is 20.9. The van der Waals surface area contributed by atoms with E-state index < -0.39 is 0 Å². The Morgan fingerprint density at radius 1 is 1.38 bits per heavy atom. The van der Waals surface area contributed by atoms with E-state index in [-0.39, 0.29) is 18.1 Å². The van der Waals surface area contributed by atoms with Crippen molar-refractivity contribution in [1.29, 1.82) is 0 Å². The van der Waals surface area contributed by atoms with E-state index in [9.17, 15) is 4.79 Å². The predicted octanol–water partition coefficient (Wildman–Crippen LogP) is 2.98. The molecule has 1 aliphatic heterocycles. The Morgan fingerprint density at radius 3 is 2.71 bits per heavy atom. The van der Waals surface area contributed by atoms with Crippen molar-refractivity contribution in [3.05, 3.63) is 46.5 Å². The molecule has 0 saturated carbocycles. The van der Waals surface area contributed by atoms with E-state index in [1.165, 1.54) is 6.26 Å². The van der Waals surface area contributed by atoms with Crippen LogP contribution in [-0.4, -0.2) is 36.2 Å². The van der Waals surface area contributed by atoms with Crippen molar-refractivity contribution in [2.24, 2.45) is 0 Å². The molecule has 7 heteroatoms. The maximum absolute atomic E-state index is 12.0. The van der Waals surface area contributed by atoms with Crippen LogP contribution in [0.5, 0.6) is 0 Å². The zero-order valence-corrected chi connectivity index (χ0v) is 15.2. The van der Waals surface area contributed by atoms with Crippen molar-refractivity contribution in [3.63, 3.8) is 0 Å². The van der Waals surface area contributed by atoms with Crippen molar-refractivity contribution in [2.45, 2.75) is 32.6 Å². The van der Waals surface area contributed by atoms with Crippen LogP contribution in [0.4, 0.5) is 5.82 Å². The summed E-state index contributed by atoms with van der Waals surface area (Å²) in [5, 5.41) is 2.85. The van der Waals surface area contributed by atoms with Crippen LogP contribution in [0.2, 0.25) is 0 Å². The van der Waals surface area contributed by atoms with Crippen LogP contribution in [0.25, 0.3) is 0 Å². The minimum atomic E-state index is -0.177. The molecule has 0 aromatic carbocycles. The summed E-state index contributed by atoms with van der Waals surface area (Å²) in [6.07, 6.45) is 3.61. The molecule has 1 amide bonds. The Balaban J connectivity index is 1.57. The zero-order chi connectivity index (χ0) is 17.1. The summed E-state index contributed by atoms with van der Waals surface area (Å²) in [6, 6.07) is 5.61. The molecular weight excluding hydrogens is 374 g/mol. The highest BCUT2D eigenvalue weighted by atomic mass is 79.9. The third-order valence-electron chi connectivity index (χ3n) is 3.84. The number of furan rings is 1. The molecule has 3 rings (SSSR count). The summed E-state index contributed by atoms with van der Waals surface area (Å²) < 4.78 is 11.3. The lowest BCUT2D eigenvalue weighted by atomic mass is 10.2. The van der Waals surface area contributed by atoms with Gasteiger partial charge in [0.2, 0.25) is 0 Å². The van der Waals surface area contributed by atoms with Gasteiger partial charge in [-0.2, -0.15) is 0 Å². The Kier molecular flexibility index (Phi) is 5.20. The summed E-state index contributed by atoms with van der Waals surface area (Å²) in [6.45, 7) is 6.23. The molecule has 1 aliphatic rings. The fraction of sp³-hybridized carbons (Fsp3) is 0.412. The van der Waals surface area contributed by atoms with Crippen LogP contribution in [0.3, 0.4) is 0 Å². The van der Waals surface area contributed by atoms with Crippen LogP contribution in [0.1, 0.15) is 29.8 Å². The van der Waals surface area contributed by atoms with Crippen LogP contribution in [0.15, 0.2) is 39.7 Å². The highest BCUT2D eigenvalue weighted by Gasteiger charge is 2.22. The second-order valence-electron chi connectivity index (χ2n) is 6.01. The number of amides is 1. The van der Waals surface area contributed by atoms with E-state index in [0.29, 0.717) is 16.8 Å². The highest BCUT2D eigenvalue weighted by molar-refractivity contribution is 9.10. The summed E-state index contributed by atoms with van der Waals surface area (Å²) >= 11 is 3.18. The average molecular weight is 394 g/mol. The molecule has 2 atom stereocenters. The molecule has 2 aromatic heterocycles. The van der Waals surface area contributed by atoms with Gasteiger partial charge < -0.3 is 19.4 Å². The molecular formula is C17H20BrN3O3. The van der Waals surface area contributed by atoms with Gasteiger partial charge in [0.25, 0.3) is 5.91 Å². The number of ether oxygens (including phenoxy) is 1. The fourth-order valence-corrected chi connectivity index (χ4v) is 3.13. The minimum absolute atomic E-state index is 0.177. The van der Waals surface area contributed by atoms with Gasteiger partial charge in [0.15, 0.2) is 4.67 Å². The van der Waals surface area contributed by atoms with E-state index in [0.717, 1.165) is 24.5 Å². The third kappa shape index (κ3) is 4.15. The molecule has 24 heavy (non-hydrogen) atoms. The molecule has 0 bridgehead atoms. The number of hydrogen-bond donors (Lipinski definition) is 1. The lowest BCUT2D eigenvalue weighted by molar-refractivity contribution is -0.00546. The van der Waals surface area contributed by atoms with Crippen molar-refractivity contribution >= 4 is 27.7 Å². The maximum Gasteiger partial charge on any atom is 0.254 e. The molecule has 0 radical (unpaired) electrons. The first-order valence-corrected chi connectivity index (χ1v) is 8.68. The smallest absolute Gasteiger partial charge is 0.254 e. The largest absolute Gasteiger partial charge is 0.457 e. The number of hydrogen-bond acceptors (Lipinski definition) is 5. The van der Waals surface area contributed by atoms with Gasteiger partial charge in [-0.15, -0.1) is 0 Å². The van der Waals surface area contributed by atoms with E-state index in [1.807, 2.05) is 12.1 Å². The van der Waals surface area contributed by atoms with E-state index in [4.69, 9.17) is 9.15 Å². The Morgan fingerprint density at radius 2 is 2.12 bits per heavy atom. The Bertz CT molecular complexity index is 691. The van der Waals surface area contributed by atoms with Crippen molar-refractivity contribution in [1.82, 2.24) is 10.3 Å². The van der Waals surface area contributed by atoms with Gasteiger partial charge >= 0.3 is 0 Å². The molecule has 2 aromatic rings. The summed E-state index contributed by atoms with van der Waals surface area (Å²) in [7, 11) is 0. The van der Waals surface area contributed by atoms with Gasteiger partial charge in [-0.3, -0.25) is 4.79 Å². The van der Waals surface area contributed by atoms with E-state index in [2.05, 4.69) is 45.0 Å². The summed E-state index contributed by atoms with van der Waals surface area (Å²) in [5.41, 5.74) is 1.44. The van der Waals surface area contributed by atoms with Gasteiger partial charge in [0.1, 0.15) is 12.1 Å². The van der Waals surface area contributed by atoms with Crippen LogP contribution >= 0.6 is 15.9 Å². The van der Waals surface area contributed by atoms with E-state index >= 15 is 0 Å². The molecule has 0 spiro atoms. The Hall–Kier alpha value is -1.86. The molecule has 128 valence electrons. The number of nitrogens with zero attached hydrogens (tertiary/aromatic N) is 2. The number of rotatable bonds is 4. The molecule has 0 aliphatic carbocycles. The zero-order valence-electron chi connectivity index (χ0n) is 13.7. The lowest BCUT2D eigenvalue weighted by Crippen LogP contribution is -2.45. The number of aromatic nitrogens is 1. The van der Waals surface area contributed by atoms with Crippen LogP contribution in [-0.2, 0) is 11.3 Å². The predicted molar refractivity (Wildman–Crippen MR) is 94.0 cm³/mol. The topological polar surface area (TPSA) is 67.6 Å². The number of nitrogens with one attached hydrogen (secondary N) is 1. The number of carbonyl (C=O) groups is 1. The summed E-state index contributed by atoms with van der Waals surface area (Å²) in [5.74, 6) is 0.759. The maximum atomic E-state index is 12.0. The first kappa shape index (κ1) is 17.0. The van der Waals surface area contributed by atoms with Gasteiger partial charge in [-0.05, 0) is 41.4 Å². The van der Waals surface area contributed by atoms with Gasteiger partial charge in [-0.25, -0.2) is 4.98 Å². The van der Waals surface area contributed by atoms with Gasteiger partial charge in [-0.1, -0.05) is 6.07 Å². The number of morpholine rings is 1. The first-order chi connectivity index (χ1) is 11.5. The van der Waals surface area contributed by atoms with Gasteiger partial charge in [0.05, 0.1) is 17.8 Å². The first-order valence-electron chi connectivity index (χ1n) is 7.89. The molecule has 6 nitrogen and oxygen atoms in total. The number of carbonyl (C=O) groups excluding carboxylic acids is 1. The molecule has 1 fully saturated rings. The fourth-order valence-electron chi connectivity index (χ4n) is 2.79. The standard InChI is InChI=1S/C17H20BrN3O3/c1-11-8-21(9-12(2)24-11)16-4-3-13(6-19-16)7-20-17(22)14-5-15(18)23-10-14/h3-6,10-12H,7-9H2,1-2H3,(H,20,22). The second-order valence-corrected chi connectivity index (χ2v) is 6.79. The van der Waals surface area contributed by atoms with Crippen LogP contribution < -0.4 is 10.2 Å². The lowest BCUT2D eigenvalue weighted by Gasteiger charge is -2.36. The Labute approximate surface area is 149 Å². The number of anilines is 1. The van der Waals surface area contributed by atoms with Crippen molar-refractivity contribution in [3.8, 4) is 0 Å². The van der Waals surface area contributed by atoms with Crippen molar-refractivity contribution in [2.75, 3.05) is 18.0 Å². The minimum Gasteiger partial charge on any atom is -0.457 e. The molecule has 2 unspecified atom stereocenters.